The fourth-order valence-electron chi connectivity index (χ4n) is 3.33. The molecule has 1 aromatic carbocycles. The highest BCUT2D eigenvalue weighted by Gasteiger charge is 2.31. The lowest BCUT2D eigenvalue weighted by Gasteiger charge is -2.27. The number of hydrogen-bond donors (Lipinski definition) is 3. The Bertz CT molecular complexity index is 1030. The average Bonchev–Trinajstić information content (AvgIpc) is 2.83. The van der Waals surface area contributed by atoms with Gasteiger partial charge in [0.05, 0.1) is 12.2 Å². The number of thioether (sulfide) groups is 1. The van der Waals surface area contributed by atoms with Crippen molar-refractivity contribution in [2.75, 3.05) is 32.1 Å². The first-order valence-electron chi connectivity index (χ1n) is 12.0. The van der Waals surface area contributed by atoms with Crippen LogP contribution >= 0.6 is 11.8 Å². The highest BCUT2D eigenvalue weighted by Crippen LogP contribution is 2.32. The van der Waals surface area contributed by atoms with Gasteiger partial charge in [0, 0.05) is 36.8 Å². The number of benzene rings is 1. The number of ether oxygens (including phenoxy) is 1. The summed E-state index contributed by atoms with van der Waals surface area (Å²) in [6.07, 6.45) is 2.04. The van der Waals surface area contributed by atoms with Crippen LogP contribution in [0.15, 0.2) is 59.5 Å². The quantitative estimate of drug-likeness (QED) is 0.200. The monoisotopic (exact) mass is 557 g/mol. The van der Waals surface area contributed by atoms with Crippen LogP contribution in [-0.4, -0.2) is 58.7 Å². The summed E-state index contributed by atoms with van der Waals surface area (Å²) in [5, 5.41) is 12.0. The zero-order valence-electron chi connectivity index (χ0n) is 22.7. The zero-order valence-corrected chi connectivity index (χ0v) is 23.5. The number of aliphatic carboxylic acids is 1. The lowest BCUT2D eigenvalue weighted by atomic mass is 10.1. The maximum atomic E-state index is 12.8. The number of anilines is 1. The van der Waals surface area contributed by atoms with Crippen molar-refractivity contribution in [3.63, 3.8) is 0 Å². The Morgan fingerprint density at radius 2 is 1.82 bits per heavy atom. The van der Waals surface area contributed by atoms with E-state index in [4.69, 9.17) is 10.5 Å². The first kappa shape index (κ1) is 33.1. The number of nitrogens with one attached hydrogen (secondary N) is 1. The second-order valence-electron chi connectivity index (χ2n) is 9.23. The van der Waals surface area contributed by atoms with Crippen LogP contribution in [0.1, 0.15) is 46.6 Å². The van der Waals surface area contributed by atoms with Crippen LogP contribution < -0.4 is 11.1 Å². The molecule has 0 aliphatic heterocycles. The molecule has 0 spiro atoms. The van der Waals surface area contributed by atoms with E-state index in [1.165, 1.54) is 23.9 Å². The summed E-state index contributed by atoms with van der Waals surface area (Å²) in [6.45, 7) is 10.1. The molecule has 0 radical (unpaired) electrons. The predicted octanol–water partition coefficient (Wildman–Crippen LogP) is 5.66. The molecule has 0 aliphatic carbocycles. The standard InChI is InChI=1S/C27H38F3N3O4S/c1-7-8-22(38-26(4,5)25(35)36)14-9-18(2)17-33(15-16-37-6)19(3)23(31)24(34)32-21-12-10-20(11-13-21)27(28,29)30/h7-13,22H,14-17,31H2,1-6H3,(H,32,34)(H,35,36)/b8-7-,18-9+,23-19-. The number of nitrogens with zero attached hydrogens (tertiary/aromatic N) is 1. The van der Waals surface area contributed by atoms with Crippen LogP contribution in [0, 0.1) is 0 Å². The van der Waals surface area contributed by atoms with Crippen molar-refractivity contribution < 1.29 is 32.6 Å². The van der Waals surface area contributed by atoms with E-state index in [0.717, 1.165) is 17.7 Å². The highest BCUT2D eigenvalue weighted by molar-refractivity contribution is 8.02. The van der Waals surface area contributed by atoms with E-state index in [-0.39, 0.29) is 16.6 Å². The number of carbonyl (C=O) groups excluding carboxylic acids is 1. The van der Waals surface area contributed by atoms with E-state index in [2.05, 4.69) is 5.32 Å². The number of allylic oxidation sites excluding steroid dienone is 3. The summed E-state index contributed by atoms with van der Waals surface area (Å²) >= 11 is 1.36. The largest absolute Gasteiger partial charge is 0.480 e. The number of carbonyl (C=O) groups is 2. The minimum absolute atomic E-state index is 0.0373. The van der Waals surface area contributed by atoms with Gasteiger partial charge in [0.2, 0.25) is 0 Å². The molecule has 1 atom stereocenters. The molecule has 212 valence electrons. The van der Waals surface area contributed by atoms with Crippen molar-refractivity contribution in [3.8, 4) is 0 Å². The number of nitrogens with two attached hydrogens (primary N) is 1. The molecule has 4 N–H and O–H groups in total. The minimum Gasteiger partial charge on any atom is -0.480 e. The molecule has 0 heterocycles. The van der Waals surface area contributed by atoms with Crippen molar-refractivity contribution in [1.82, 2.24) is 4.90 Å². The Balaban J connectivity index is 3.02. The molecule has 0 saturated carbocycles. The maximum Gasteiger partial charge on any atom is 0.416 e. The van der Waals surface area contributed by atoms with Crippen molar-refractivity contribution >= 4 is 29.3 Å². The molecule has 38 heavy (non-hydrogen) atoms. The molecule has 0 saturated heterocycles. The number of carboxylic acids is 1. The van der Waals surface area contributed by atoms with Crippen LogP contribution in [0.25, 0.3) is 0 Å². The molecular formula is C27H38F3N3O4S. The lowest BCUT2D eigenvalue weighted by Crippen LogP contribution is -2.33. The van der Waals surface area contributed by atoms with E-state index >= 15 is 0 Å². The third kappa shape index (κ3) is 10.8. The number of carboxylic acid groups (broad SMARTS) is 1. The van der Waals surface area contributed by atoms with Crippen LogP contribution in [0.5, 0.6) is 0 Å². The van der Waals surface area contributed by atoms with Gasteiger partial charge in [-0.05, 0) is 65.3 Å². The summed E-state index contributed by atoms with van der Waals surface area (Å²) in [5.41, 5.74) is 6.92. The topological polar surface area (TPSA) is 105 Å². The van der Waals surface area contributed by atoms with Gasteiger partial charge in [-0.2, -0.15) is 13.2 Å². The normalized spacial score (nSPS) is 14.3. The molecule has 1 unspecified atom stereocenters. The number of rotatable bonds is 14. The van der Waals surface area contributed by atoms with Gasteiger partial charge >= 0.3 is 12.1 Å². The van der Waals surface area contributed by atoms with Gasteiger partial charge in [-0.25, -0.2) is 0 Å². The summed E-state index contributed by atoms with van der Waals surface area (Å²) in [5.74, 6) is -1.51. The van der Waals surface area contributed by atoms with Crippen LogP contribution in [0.2, 0.25) is 0 Å². The summed E-state index contributed by atoms with van der Waals surface area (Å²) in [7, 11) is 1.56. The number of hydrogen-bond acceptors (Lipinski definition) is 6. The minimum atomic E-state index is -4.47. The van der Waals surface area contributed by atoms with E-state index < -0.39 is 28.4 Å². The summed E-state index contributed by atoms with van der Waals surface area (Å²) < 4.78 is 42.6. The zero-order chi connectivity index (χ0) is 29.1. The molecule has 0 aromatic heterocycles. The van der Waals surface area contributed by atoms with Gasteiger partial charge in [0.25, 0.3) is 5.91 Å². The Labute approximate surface area is 227 Å². The maximum absolute atomic E-state index is 12.8. The Morgan fingerprint density at radius 3 is 2.32 bits per heavy atom. The van der Waals surface area contributed by atoms with Crippen LogP contribution in [0.3, 0.4) is 0 Å². The Morgan fingerprint density at radius 1 is 1.21 bits per heavy atom. The first-order chi connectivity index (χ1) is 17.6. The predicted molar refractivity (Wildman–Crippen MR) is 147 cm³/mol. The van der Waals surface area contributed by atoms with Gasteiger partial charge in [0.1, 0.15) is 10.4 Å². The SMILES string of the molecule is C/C=C\C(C/C=C(\C)CN(CCOC)/C(C)=C(\N)C(=O)Nc1ccc(C(F)(F)F)cc1)SC(C)(C)C(=O)O. The molecule has 1 rings (SSSR count). The molecule has 0 fully saturated rings. The highest BCUT2D eigenvalue weighted by atomic mass is 32.2. The number of alkyl halides is 3. The van der Waals surface area contributed by atoms with Crippen molar-refractivity contribution in [3.05, 3.63) is 65.0 Å². The summed E-state index contributed by atoms with van der Waals surface area (Å²) in [6, 6.07) is 4.12. The number of amides is 1. The molecule has 1 amide bonds. The fraction of sp³-hybridized carbons (Fsp3) is 0.481. The van der Waals surface area contributed by atoms with Crippen molar-refractivity contribution in [1.29, 1.82) is 0 Å². The first-order valence-corrected chi connectivity index (χ1v) is 12.9. The lowest BCUT2D eigenvalue weighted by molar-refractivity contribution is -0.139. The Kier molecular flexibility index (Phi) is 13.0. The van der Waals surface area contributed by atoms with E-state index in [9.17, 15) is 27.9 Å². The molecule has 0 bridgehead atoms. The second kappa shape index (κ2) is 14.9. The smallest absolute Gasteiger partial charge is 0.416 e. The van der Waals surface area contributed by atoms with Gasteiger partial charge in [-0.15, -0.1) is 11.8 Å². The Hall–Kier alpha value is -2.92. The number of halogens is 3. The van der Waals surface area contributed by atoms with Crippen LogP contribution in [-0.2, 0) is 20.5 Å². The van der Waals surface area contributed by atoms with E-state index in [0.29, 0.717) is 31.8 Å². The van der Waals surface area contributed by atoms with Gasteiger partial charge in [-0.3, -0.25) is 9.59 Å². The molecule has 1 aromatic rings. The number of methoxy groups -OCH3 is 1. The summed E-state index contributed by atoms with van der Waals surface area (Å²) in [4.78, 5) is 26.1. The van der Waals surface area contributed by atoms with Gasteiger partial charge in [-0.1, -0.05) is 23.8 Å². The third-order valence-electron chi connectivity index (χ3n) is 5.65. The molecular weight excluding hydrogens is 519 g/mol. The van der Waals surface area contributed by atoms with Crippen molar-refractivity contribution in [2.24, 2.45) is 5.73 Å². The average molecular weight is 558 g/mol. The van der Waals surface area contributed by atoms with Crippen LogP contribution in [0.4, 0.5) is 18.9 Å². The molecule has 11 heteroatoms. The van der Waals surface area contributed by atoms with Gasteiger partial charge < -0.3 is 25.8 Å². The van der Waals surface area contributed by atoms with Crippen molar-refractivity contribution in [2.45, 2.75) is 57.2 Å². The fourth-order valence-corrected chi connectivity index (χ4v) is 4.62. The van der Waals surface area contributed by atoms with E-state index in [1.807, 2.05) is 37.0 Å². The molecule has 0 aliphatic rings. The second-order valence-corrected chi connectivity index (χ2v) is 11.1. The molecule has 7 nitrogen and oxygen atoms in total. The third-order valence-corrected chi connectivity index (χ3v) is 7.07. The van der Waals surface area contributed by atoms with Gasteiger partial charge in [0.15, 0.2) is 0 Å². The van der Waals surface area contributed by atoms with E-state index in [1.54, 1.807) is 27.9 Å².